The molecule has 1 aliphatic carbocycles. The Morgan fingerprint density at radius 1 is 0.667 bits per heavy atom. The Morgan fingerprint density at radius 3 is 2.40 bits per heavy atom. The maximum absolute atomic E-state index is 3.24. The summed E-state index contributed by atoms with van der Waals surface area (Å²) in [5.41, 5.74) is 5.04. The smallest absolute Gasteiger partial charge is 0.0459 e. The van der Waals surface area contributed by atoms with E-state index < -0.39 is 0 Å². The van der Waals surface area contributed by atoms with E-state index in [2.05, 4.69) is 47.4 Å². The summed E-state index contributed by atoms with van der Waals surface area (Å²) in [5.74, 6) is 0. The van der Waals surface area contributed by atoms with Gasteiger partial charge < -0.3 is 4.98 Å². The standard InChI is InChI=1S/C14H11N/c1-2-5-11(6-3-1)12-8-9-14-13(12)7-4-10-15-14/h1-10,15H. The maximum Gasteiger partial charge on any atom is 0.0459 e. The van der Waals surface area contributed by atoms with Crippen LogP contribution in [0.5, 0.6) is 0 Å². The van der Waals surface area contributed by atoms with Gasteiger partial charge in [0.2, 0.25) is 0 Å². The van der Waals surface area contributed by atoms with E-state index in [0.29, 0.717) is 0 Å². The number of pyridine rings is 1. The highest BCUT2D eigenvalue weighted by Crippen LogP contribution is 2.33. The molecule has 0 amide bonds. The number of aromatic nitrogens is 1. The van der Waals surface area contributed by atoms with Gasteiger partial charge in [-0.2, -0.15) is 0 Å². The van der Waals surface area contributed by atoms with Crippen molar-refractivity contribution in [2.24, 2.45) is 0 Å². The molecule has 3 rings (SSSR count). The first kappa shape index (κ1) is 8.30. The molecule has 0 atom stereocenters. The molecule has 0 unspecified atom stereocenters. The average Bonchev–Trinajstić information content (AvgIpc) is 2.74. The minimum atomic E-state index is 1.19. The van der Waals surface area contributed by atoms with Crippen molar-refractivity contribution in [3.63, 3.8) is 0 Å². The van der Waals surface area contributed by atoms with Crippen LogP contribution < -0.4 is 0 Å². The summed E-state index contributed by atoms with van der Waals surface area (Å²) in [5, 5.41) is 0. The lowest BCUT2D eigenvalue weighted by Gasteiger charge is -2.03. The summed E-state index contributed by atoms with van der Waals surface area (Å²) >= 11 is 0. The van der Waals surface area contributed by atoms with Gasteiger partial charge in [0, 0.05) is 17.5 Å². The van der Waals surface area contributed by atoms with E-state index in [1.165, 1.54) is 22.4 Å². The monoisotopic (exact) mass is 193 g/mol. The molecule has 0 radical (unpaired) electrons. The molecule has 0 bridgehead atoms. The minimum absolute atomic E-state index is 1.19. The van der Waals surface area contributed by atoms with Crippen molar-refractivity contribution in [1.82, 2.24) is 4.98 Å². The van der Waals surface area contributed by atoms with E-state index in [-0.39, 0.29) is 0 Å². The van der Waals surface area contributed by atoms with Crippen LogP contribution in [0.1, 0.15) is 0 Å². The van der Waals surface area contributed by atoms with E-state index in [9.17, 15) is 0 Å². The van der Waals surface area contributed by atoms with E-state index in [0.717, 1.165) is 0 Å². The van der Waals surface area contributed by atoms with Crippen LogP contribution in [0.25, 0.3) is 22.4 Å². The predicted octanol–water partition coefficient (Wildman–Crippen LogP) is 3.79. The third-order valence-electron chi connectivity index (χ3n) is 2.68. The molecule has 1 heterocycles. The fourth-order valence-electron chi connectivity index (χ4n) is 1.95. The molecule has 0 spiro atoms. The summed E-state index contributed by atoms with van der Waals surface area (Å²) < 4.78 is 0. The third-order valence-corrected chi connectivity index (χ3v) is 2.68. The molecule has 1 aliphatic heterocycles. The molecule has 1 aromatic rings. The Bertz CT molecular complexity index is 536. The largest absolute Gasteiger partial charge is 0.361 e. The van der Waals surface area contributed by atoms with Gasteiger partial charge in [-0.1, -0.05) is 42.5 Å². The maximum atomic E-state index is 3.24. The van der Waals surface area contributed by atoms with Crippen LogP contribution >= 0.6 is 0 Å². The first-order valence-corrected chi connectivity index (χ1v) is 5.07. The molecule has 1 aromatic carbocycles. The molecular formula is C14H11N. The van der Waals surface area contributed by atoms with Gasteiger partial charge >= 0.3 is 0 Å². The Kier molecular flexibility index (Phi) is 1.82. The summed E-state index contributed by atoms with van der Waals surface area (Å²) in [4.78, 5) is 3.24. The number of aromatic amines is 1. The van der Waals surface area contributed by atoms with E-state index in [1.54, 1.807) is 0 Å². The minimum Gasteiger partial charge on any atom is -0.361 e. The summed E-state index contributed by atoms with van der Waals surface area (Å²) in [6, 6.07) is 18.9. The van der Waals surface area contributed by atoms with Crippen LogP contribution in [0.3, 0.4) is 0 Å². The molecular weight excluding hydrogens is 182 g/mol. The zero-order chi connectivity index (χ0) is 10.1. The van der Waals surface area contributed by atoms with Crippen molar-refractivity contribution < 1.29 is 0 Å². The highest BCUT2D eigenvalue weighted by Gasteiger charge is 2.09. The van der Waals surface area contributed by atoms with Gasteiger partial charge in [-0.05, 0) is 23.3 Å². The number of hydrogen-bond donors (Lipinski definition) is 1. The lowest BCUT2D eigenvalue weighted by Crippen LogP contribution is -1.80. The van der Waals surface area contributed by atoms with Crippen LogP contribution in [-0.2, 0) is 0 Å². The number of fused-ring (bicyclic) bond motifs is 1. The van der Waals surface area contributed by atoms with Gasteiger partial charge in [-0.3, -0.25) is 0 Å². The van der Waals surface area contributed by atoms with Gasteiger partial charge in [0.05, 0.1) is 0 Å². The highest BCUT2D eigenvalue weighted by molar-refractivity contribution is 5.84. The number of hydrogen-bond acceptors (Lipinski definition) is 0. The fourth-order valence-corrected chi connectivity index (χ4v) is 1.95. The van der Waals surface area contributed by atoms with Crippen molar-refractivity contribution in [2.45, 2.75) is 0 Å². The number of rotatable bonds is 1. The second-order valence-corrected chi connectivity index (χ2v) is 3.61. The Labute approximate surface area is 88.7 Å². The second kappa shape index (κ2) is 3.28. The average molecular weight is 193 g/mol. The van der Waals surface area contributed by atoms with E-state index in [4.69, 9.17) is 0 Å². The number of nitrogens with one attached hydrogen (secondary N) is 1. The third kappa shape index (κ3) is 1.33. The molecule has 1 nitrogen and oxygen atoms in total. The second-order valence-electron chi connectivity index (χ2n) is 3.61. The quantitative estimate of drug-likeness (QED) is 0.605. The van der Waals surface area contributed by atoms with Crippen molar-refractivity contribution in [1.29, 1.82) is 0 Å². The lowest BCUT2D eigenvalue weighted by molar-refractivity contribution is 1.34. The van der Waals surface area contributed by atoms with Crippen LogP contribution in [0.2, 0.25) is 0 Å². The van der Waals surface area contributed by atoms with Gasteiger partial charge in [0.1, 0.15) is 0 Å². The van der Waals surface area contributed by atoms with Crippen molar-refractivity contribution in [3.05, 3.63) is 60.8 Å². The number of H-pyrrole nitrogens is 1. The van der Waals surface area contributed by atoms with Gasteiger partial charge in [0.25, 0.3) is 0 Å². The fraction of sp³-hybridized carbons (Fsp3) is 0. The molecule has 1 heteroatoms. The molecule has 0 fully saturated rings. The molecule has 0 saturated heterocycles. The van der Waals surface area contributed by atoms with E-state index >= 15 is 0 Å². The molecule has 2 aliphatic rings. The topological polar surface area (TPSA) is 15.8 Å². The first-order valence-electron chi connectivity index (χ1n) is 5.07. The molecule has 15 heavy (non-hydrogen) atoms. The van der Waals surface area contributed by atoms with Crippen molar-refractivity contribution in [3.8, 4) is 22.4 Å². The SMILES string of the molecule is c1ccc(-c2ccc3[nH]cccc2-3)cc1. The Hall–Kier alpha value is -2.02. The van der Waals surface area contributed by atoms with Gasteiger partial charge in [-0.15, -0.1) is 0 Å². The first-order chi connectivity index (χ1) is 7.45. The lowest BCUT2D eigenvalue weighted by atomic mass is 10.0. The summed E-state index contributed by atoms with van der Waals surface area (Å²) in [6.07, 6.45) is 1.96. The summed E-state index contributed by atoms with van der Waals surface area (Å²) in [6.45, 7) is 0. The molecule has 0 aromatic heterocycles. The molecule has 0 saturated carbocycles. The zero-order valence-corrected chi connectivity index (χ0v) is 8.27. The predicted molar refractivity (Wildman–Crippen MR) is 62.9 cm³/mol. The summed E-state index contributed by atoms with van der Waals surface area (Å²) in [7, 11) is 0. The molecule has 72 valence electrons. The van der Waals surface area contributed by atoms with Crippen molar-refractivity contribution in [2.75, 3.05) is 0 Å². The Morgan fingerprint density at radius 2 is 1.53 bits per heavy atom. The normalized spacial score (nSPS) is 10.7. The van der Waals surface area contributed by atoms with E-state index in [1.807, 2.05) is 18.3 Å². The van der Waals surface area contributed by atoms with Crippen LogP contribution in [-0.4, -0.2) is 4.98 Å². The zero-order valence-electron chi connectivity index (χ0n) is 8.27. The van der Waals surface area contributed by atoms with Crippen LogP contribution in [0.15, 0.2) is 60.8 Å². The highest BCUT2D eigenvalue weighted by atomic mass is 14.7. The van der Waals surface area contributed by atoms with Gasteiger partial charge in [0.15, 0.2) is 0 Å². The number of benzene rings is 1. The Balaban J connectivity index is 2.22. The van der Waals surface area contributed by atoms with Crippen LogP contribution in [0, 0.1) is 0 Å². The van der Waals surface area contributed by atoms with Crippen LogP contribution in [0.4, 0.5) is 0 Å². The van der Waals surface area contributed by atoms with Gasteiger partial charge in [-0.25, -0.2) is 0 Å². The molecule has 1 N–H and O–H groups in total. The van der Waals surface area contributed by atoms with Crippen molar-refractivity contribution >= 4 is 0 Å².